The summed E-state index contributed by atoms with van der Waals surface area (Å²) in [6.07, 6.45) is 0. The predicted molar refractivity (Wildman–Crippen MR) is 108 cm³/mol. The van der Waals surface area contributed by atoms with Crippen molar-refractivity contribution < 1.29 is 13.2 Å². The van der Waals surface area contributed by atoms with Gasteiger partial charge in [0.15, 0.2) is 0 Å². The number of nitrogens with one attached hydrogen (secondary N) is 1. The standard InChI is InChI=1S/C22H18N2O3S/c23-28(26,27)21-13-11-19(12-14-21)16-24-22(25)20-8-4-7-18(15-20)10-9-17-5-2-1-3-6-17/h1-8,11-15H,16H2,(H,24,25)(H2,23,26,27). The minimum Gasteiger partial charge on any atom is -0.348 e. The lowest BCUT2D eigenvalue weighted by Crippen LogP contribution is -2.22. The van der Waals surface area contributed by atoms with Crippen molar-refractivity contribution in [3.63, 3.8) is 0 Å². The van der Waals surface area contributed by atoms with E-state index < -0.39 is 10.0 Å². The number of rotatable bonds is 4. The molecular weight excluding hydrogens is 372 g/mol. The van der Waals surface area contributed by atoms with Gasteiger partial charge in [-0.2, -0.15) is 0 Å². The highest BCUT2D eigenvalue weighted by Crippen LogP contribution is 2.09. The van der Waals surface area contributed by atoms with E-state index >= 15 is 0 Å². The molecule has 3 rings (SSSR count). The Hall–Kier alpha value is -3.40. The first-order valence-electron chi connectivity index (χ1n) is 8.49. The molecule has 0 bridgehead atoms. The molecule has 0 unspecified atom stereocenters. The zero-order valence-electron chi connectivity index (χ0n) is 14.9. The number of benzene rings is 3. The molecule has 0 fully saturated rings. The van der Waals surface area contributed by atoms with Crippen LogP contribution in [-0.4, -0.2) is 14.3 Å². The summed E-state index contributed by atoms with van der Waals surface area (Å²) >= 11 is 0. The van der Waals surface area contributed by atoms with Crippen LogP contribution in [0.25, 0.3) is 0 Å². The second-order valence-electron chi connectivity index (χ2n) is 6.07. The average molecular weight is 390 g/mol. The molecule has 3 aromatic carbocycles. The van der Waals surface area contributed by atoms with Crippen molar-refractivity contribution in [1.29, 1.82) is 0 Å². The Labute approximate surface area is 164 Å². The SMILES string of the molecule is NS(=O)(=O)c1ccc(CNC(=O)c2cccc(C#Cc3ccccc3)c2)cc1. The number of hydrogen-bond donors (Lipinski definition) is 2. The van der Waals surface area contributed by atoms with Crippen molar-refractivity contribution in [2.24, 2.45) is 5.14 Å². The molecule has 28 heavy (non-hydrogen) atoms. The lowest BCUT2D eigenvalue weighted by Gasteiger charge is -2.06. The van der Waals surface area contributed by atoms with E-state index in [-0.39, 0.29) is 17.3 Å². The average Bonchev–Trinajstić information content (AvgIpc) is 2.71. The Bertz CT molecular complexity index is 1140. The van der Waals surface area contributed by atoms with Gasteiger partial charge in [0.1, 0.15) is 0 Å². The first kappa shape index (κ1) is 19.4. The fourth-order valence-electron chi connectivity index (χ4n) is 2.49. The van der Waals surface area contributed by atoms with Crippen molar-refractivity contribution in [3.8, 4) is 11.8 Å². The van der Waals surface area contributed by atoms with Crippen molar-refractivity contribution in [1.82, 2.24) is 5.32 Å². The van der Waals surface area contributed by atoms with E-state index in [9.17, 15) is 13.2 Å². The van der Waals surface area contributed by atoms with E-state index in [1.807, 2.05) is 36.4 Å². The molecule has 0 aromatic heterocycles. The normalized spacial score (nSPS) is 10.6. The number of nitrogens with two attached hydrogens (primary N) is 1. The van der Waals surface area contributed by atoms with E-state index in [2.05, 4.69) is 17.2 Å². The monoisotopic (exact) mass is 390 g/mol. The van der Waals surface area contributed by atoms with Crippen molar-refractivity contribution >= 4 is 15.9 Å². The molecule has 0 aliphatic heterocycles. The summed E-state index contributed by atoms with van der Waals surface area (Å²) in [5.41, 5.74) is 2.91. The Morgan fingerprint density at radius 3 is 2.18 bits per heavy atom. The van der Waals surface area contributed by atoms with Gasteiger partial charge in [0.05, 0.1) is 4.90 Å². The largest absolute Gasteiger partial charge is 0.348 e. The van der Waals surface area contributed by atoms with Crippen LogP contribution in [0.2, 0.25) is 0 Å². The van der Waals surface area contributed by atoms with Gasteiger partial charge in [0.25, 0.3) is 5.91 Å². The highest BCUT2D eigenvalue weighted by molar-refractivity contribution is 7.89. The van der Waals surface area contributed by atoms with Gasteiger partial charge in [-0.05, 0) is 48.0 Å². The summed E-state index contributed by atoms with van der Waals surface area (Å²) in [5, 5.41) is 7.88. The third-order valence-electron chi connectivity index (χ3n) is 3.95. The van der Waals surface area contributed by atoms with E-state index in [0.29, 0.717) is 5.56 Å². The van der Waals surface area contributed by atoms with Crippen LogP contribution in [-0.2, 0) is 16.6 Å². The molecule has 0 radical (unpaired) electrons. The van der Waals surface area contributed by atoms with Gasteiger partial charge >= 0.3 is 0 Å². The first-order chi connectivity index (χ1) is 13.4. The van der Waals surface area contributed by atoms with Crippen LogP contribution in [0.15, 0.2) is 83.8 Å². The topological polar surface area (TPSA) is 89.3 Å². The Morgan fingerprint density at radius 1 is 0.857 bits per heavy atom. The molecule has 0 aliphatic carbocycles. The van der Waals surface area contributed by atoms with E-state index in [4.69, 9.17) is 5.14 Å². The van der Waals surface area contributed by atoms with Crippen LogP contribution >= 0.6 is 0 Å². The summed E-state index contributed by atoms with van der Waals surface area (Å²) in [6, 6.07) is 22.7. The maximum absolute atomic E-state index is 12.4. The first-order valence-corrected chi connectivity index (χ1v) is 10.0. The van der Waals surface area contributed by atoms with Gasteiger partial charge in [-0.3, -0.25) is 4.79 Å². The van der Waals surface area contributed by atoms with Gasteiger partial charge in [-0.15, -0.1) is 0 Å². The van der Waals surface area contributed by atoms with Crippen molar-refractivity contribution in [2.75, 3.05) is 0 Å². The number of carbonyl (C=O) groups is 1. The highest BCUT2D eigenvalue weighted by atomic mass is 32.2. The Morgan fingerprint density at radius 2 is 1.50 bits per heavy atom. The Balaban J connectivity index is 1.66. The number of amides is 1. The molecule has 3 aromatic rings. The minimum atomic E-state index is -3.72. The molecular formula is C22H18N2O3S. The summed E-state index contributed by atoms with van der Waals surface area (Å²) in [5.74, 6) is 5.88. The van der Waals surface area contributed by atoms with Crippen LogP contribution in [0.4, 0.5) is 0 Å². The molecule has 1 amide bonds. The maximum atomic E-state index is 12.4. The lowest BCUT2D eigenvalue weighted by atomic mass is 10.1. The summed E-state index contributed by atoms with van der Waals surface area (Å²) < 4.78 is 22.5. The highest BCUT2D eigenvalue weighted by Gasteiger charge is 2.08. The second kappa shape index (κ2) is 8.53. The van der Waals surface area contributed by atoms with E-state index in [1.54, 1.807) is 30.3 Å². The number of primary sulfonamides is 1. The smallest absolute Gasteiger partial charge is 0.251 e. The molecule has 0 spiro atoms. The second-order valence-corrected chi connectivity index (χ2v) is 7.63. The van der Waals surface area contributed by atoms with Crippen LogP contribution in [0.3, 0.4) is 0 Å². The molecule has 0 aliphatic rings. The van der Waals surface area contributed by atoms with Crippen molar-refractivity contribution in [2.45, 2.75) is 11.4 Å². The quantitative estimate of drug-likeness (QED) is 0.671. The molecule has 0 atom stereocenters. The van der Waals surface area contributed by atoms with Gasteiger partial charge < -0.3 is 5.32 Å². The third kappa shape index (κ3) is 5.30. The number of hydrogen-bond acceptors (Lipinski definition) is 3. The minimum absolute atomic E-state index is 0.0345. The predicted octanol–water partition coefficient (Wildman–Crippen LogP) is 2.66. The molecule has 5 nitrogen and oxygen atoms in total. The van der Waals surface area contributed by atoms with E-state index in [1.165, 1.54) is 12.1 Å². The van der Waals surface area contributed by atoms with Gasteiger partial charge in [0.2, 0.25) is 10.0 Å². The van der Waals surface area contributed by atoms with E-state index in [0.717, 1.165) is 16.7 Å². The summed E-state index contributed by atoms with van der Waals surface area (Å²) in [7, 11) is -3.72. The molecule has 0 heterocycles. The van der Waals surface area contributed by atoms with Crippen LogP contribution in [0.1, 0.15) is 27.0 Å². The number of sulfonamides is 1. The van der Waals surface area contributed by atoms with Crippen LogP contribution < -0.4 is 10.5 Å². The molecule has 0 saturated heterocycles. The maximum Gasteiger partial charge on any atom is 0.251 e. The Kier molecular flexibility index (Phi) is 5.90. The molecule has 3 N–H and O–H groups in total. The fourth-order valence-corrected chi connectivity index (χ4v) is 3.00. The lowest BCUT2D eigenvalue weighted by molar-refractivity contribution is 0.0951. The van der Waals surface area contributed by atoms with Crippen LogP contribution in [0.5, 0.6) is 0 Å². The summed E-state index contributed by atoms with van der Waals surface area (Å²) in [6.45, 7) is 0.268. The molecule has 6 heteroatoms. The fraction of sp³-hybridized carbons (Fsp3) is 0.0455. The number of carbonyl (C=O) groups excluding carboxylic acids is 1. The third-order valence-corrected chi connectivity index (χ3v) is 4.88. The van der Waals surface area contributed by atoms with Gasteiger partial charge in [-0.1, -0.05) is 48.2 Å². The zero-order chi connectivity index (χ0) is 20.0. The van der Waals surface area contributed by atoms with Crippen molar-refractivity contribution in [3.05, 3.63) is 101 Å². The summed E-state index contributed by atoms with van der Waals surface area (Å²) in [4.78, 5) is 12.4. The van der Waals surface area contributed by atoms with Gasteiger partial charge in [-0.25, -0.2) is 13.6 Å². The van der Waals surface area contributed by atoms with Gasteiger partial charge in [0, 0.05) is 23.2 Å². The molecule has 0 saturated carbocycles. The molecule has 140 valence electrons. The zero-order valence-corrected chi connectivity index (χ0v) is 15.7. The van der Waals surface area contributed by atoms with Crippen LogP contribution in [0, 0.1) is 11.8 Å².